The van der Waals surface area contributed by atoms with Gasteiger partial charge in [0.15, 0.2) is 5.96 Å². The van der Waals surface area contributed by atoms with Crippen molar-refractivity contribution in [3.8, 4) is 0 Å². The third-order valence-corrected chi connectivity index (χ3v) is 4.90. The van der Waals surface area contributed by atoms with Crippen LogP contribution in [0.15, 0.2) is 39.9 Å². The maximum Gasteiger partial charge on any atom is 0.244 e. The summed E-state index contributed by atoms with van der Waals surface area (Å²) < 4.78 is 5.80. The molecular weight excluding hydrogens is 493 g/mol. The highest BCUT2D eigenvalue weighted by Crippen LogP contribution is 2.22. The van der Waals surface area contributed by atoms with E-state index in [4.69, 9.17) is 4.42 Å². The SMILES string of the molecule is CCNC(=NCC(=O)N1CCc2ccccc2C1)NCc1ncc(C(C)(C)C)o1.I. The van der Waals surface area contributed by atoms with Crippen molar-refractivity contribution >= 4 is 35.8 Å². The highest BCUT2D eigenvalue weighted by Gasteiger charge is 2.21. The Kier molecular flexibility index (Phi) is 8.69. The molecule has 1 aliphatic heterocycles. The van der Waals surface area contributed by atoms with E-state index in [0.29, 0.717) is 31.5 Å². The highest BCUT2D eigenvalue weighted by molar-refractivity contribution is 14.0. The molecule has 0 radical (unpaired) electrons. The van der Waals surface area contributed by atoms with Crippen LogP contribution in [0.25, 0.3) is 0 Å². The van der Waals surface area contributed by atoms with Crippen molar-refractivity contribution in [2.24, 2.45) is 4.99 Å². The van der Waals surface area contributed by atoms with Gasteiger partial charge >= 0.3 is 0 Å². The first-order valence-electron chi connectivity index (χ1n) is 10.2. The predicted octanol–water partition coefficient (Wildman–Crippen LogP) is 3.23. The number of rotatable bonds is 5. The average molecular weight is 525 g/mol. The number of halogens is 1. The molecule has 164 valence electrons. The molecule has 0 spiro atoms. The lowest BCUT2D eigenvalue weighted by Gasteiger charge is -2.28. The van der Waals surface area contributed by atoms with Crippen molar-refractivity contribution in [2.75, 3.05) is 19.6 Å². The van der Waals surface area contributed by atoms with Crippen LogP contribution in [0.5, 0.6) is 0 Å². The molecule has 0 saturated heterocycles. The zero-order chi connectivity index (χ0) is 20.9. The third-order valence-electron chi connectivity index (χ3n) is 4.90. The molecule has 0 atom stereocenters. The number of fused-ring (bicyclic) bond motifs is 1. The van der Waals surface area contributed by atoms with Gasteiger partial charge in [-0.3, -0.25) is 4.79 Å². The largest absolute Gasteiger partial charge is 0.443 e. The topological polar surface area (TPSA) is 82.8 Å². The summed E-state index contributed by atoms with van der Waals surface area (Å²) in [5, 5.41) is 6.35. The Labute approximate surface area is 195 Å². The lowest BCUT2D eigenvalue weighted by Crippen LogP contribution is -2.40. The standard InChI is InChI=1S/C22H31N5O2.HI/c1-5-23-21(25-13-19-24-12-18(29-19)22(2,3)4)26-14-20(28)27-11-10-16-8-6-7-9-17(16)15-27;/h6-9,12H,5,10-11,13-15H2,1-4H3,(H2,23,25,26);1H. The Morgan fingerprint density at radius 3 is 2.63 bits per heavy atom. The number of oxazole rings is 1. The molecule has 8 heteroatoms. The summed E-state index contributed by atoms with van der Waals surface area (Å²) in [5.74, 6) is 2.05. The molecule has 30 heavy (non-hydrogen) atoms. The van der Waals surface area contributed by atoms with Crippen molar-refractivity contribution in [1.29, 1.82) is 0 Å². The van der Waals surface area contributed by atoms with Crippen molar-refractivity contribution in [3.63, 3.8) is 0 Å². The van der Waals surface area contributed by atoms with Crippen LogP contribution in [0.2, 0.25) is 0 Å². The van der Waals surface area contributed by atoms with Gasteiger partial charge in [0.25, 0.3) is 0 Å². The van der Waals surface area contributed by atoms with E-state index < -0.39 is 0 Å². The average Bonchev–Trinajstić information content (AvgIpc) is 3.19. The predicted molar refractivity (Wildman–Crippen MR) is 129 cm³/mol. The molecule has 1 aromatic heterocycles. The van der Waals surface area contributed by atoms with Gasteiger partial charge in [-0.25, -0.2) is 9.98 Å². The Morgan fingerprint density at radius 2 is 1.97 bits per heavy atom. The van der Waals surface area contributed by atoms with Crippen LogP contribution < -0.4 is 10.6 Å². The van der Waals surface area contributed by atoms with E-state index in [2.05, 4.69) is 53.5 Å². The van der Waals surface area contributed by atoms with E-state index in [1.54, 1.807) is 6.20 Å². The fourth-order valence-corrected chi connectivity index (χ4v) is 3.20. The van der Waals surface area contributed by atoms with Crippen molar-refractivity contribution in [1.82, 2.24) is 20.5 Å². The van der Waals surface area contributed by atoms with Crippen LogP contribution in [0, 0.1) is 0 Å². The minimum atomic E-state index is -0.0800. The van der Waals surface area contributed by atoms with Crippen molar-refractivity contribution in [3.05, 3.63) is 53.2 Å². The summed E-state index contributed by atoms with van der Waals surface area (Å²) in [6.07, 6.45) is 2.66. The molecule has 0 fully saturated rings. The quantitative estimate of drug-likeness (QED) is 0.356. The molecule has 7 nitrogen and oxygen atoms in total. The number of nitrogens with one attached hydrogen (secondary N) is 2. The van der Waals surface area contributed by atoms with Crippen molar-refractivity contribution in [2.45, 2.75) is 52.6 Å². The summed E-state index contributed by atoms with van der Waals surface area (Å²) in [4.78, 5) is 23.3. The zero-order valence-corrected chi connectivity index (χ0v) is 20.5. The molecule has 0 unspecified atom stereocenters. The molecule has 2 aromatic rings. The molecule has 0 aliphatic carbocycles. The van der Waals surface area contributed by atoms with Crippen molar-refractivity contribution < 1.29 is 9.21 Å². The number of carbonyl (C=O) groups is 1. The number of guanidine groups is 1. The number of amides is 1. The number of hydrogen-bond donors (Lipinski definition) is 2. The molecular formula is C22H32IN5O2. The van der Waals surface area contributed by atoms with Crippen LogP contribution in [-0.2, 0) is 29.7 Å². The Bertz CT molecular complexity index is 872. The molecule has 2 heterocycles. The van der Waals surface area contributed by atoms with Crippen LogP contribution >= 0.6 is 24.0 Å². The first kappa shape index (κ1) is 24.2. The summed E-state index contributed by atoms with van der Waals surface area (Å²) in [6.45, 7) is 10.9. The van der Waals surface area contributed by atoms with Gasteiger partial charge in [0.2, 0.25) is 11.8 Å². The maximum absolute atomic E-state index is 12.6. The summed E-state index contributed by atoms with van der Waals surface area (Å²) >= 11 is 0. The third kappa shape index (κ3) is 6.45. The van der Waals surface area contributed by atoms with Gasteiger partial charge in [-0.15, -0.1) is 24.0 Å². The smallest absolute Gasteiger partial charge is 0.244 e. The molecule has 1 aliphatic rings. The van der Waals surface area contributed by atoms with Gasteiger partial charge < -0.3 is 20.0 Å². The number of hydrogen-bond acceptors (Lipinski definition) is 4. The Morgan fingerprint density at radius 1 is 1.23 bits per heavy atom. The fraction of sp³-hybridized carbons (Fsp3) is 0.500. The highest BCUT2D eigenvalue weighted by atomic mass is 127. The number of carbonyl (C=O) groups excluding carboxylic acids is 1. The first-order valence-corrected chi connectivity index (χ1v) is 10.2. The van der Waals surface area contributed by atoms with E-state index in [1.165, 1.54) is 11.1 Å². The van der Waals surface area contributed by atoms with Gasteiger partial charge in [-0.05, 0) is 24.5 Å². The second-order valence-electron chi connectivity index (χ2n) is 8.25. The van der Waals surface area contributed by atoms with Crippen LogP contribution in [0.4, 0.5) is 0 Å². The lowest BCUT2D eigenvalue weighted by molar-refractivity contribution is -0.130. The lowest BCUT2D eigenvalue weighted by atomic mass is 9.94. The van der Waals surface area contributed by atoms with Gasteiger partial charge in [0, 0.05) is 25.0 Å². The summed E-state index contributed by atoms with van der Waals surface area (Å²) in [7, 11) is 0. The molecule has 2 N–H and O–H groups in total. The zero-order valence-electron chi connectivity index (χ0n) is 18.2. The number of aliphatic imine (C=N–C) groups is 1. The van der Waals surface area contributed by atoms with Gasteiger partial charge in [-0.1, -0.05) is 45.0 Å². The van der Waals surface area contributed by atoms with E-state index in [9.17, 15) is 4.79 Å². The maximum atomic E-state index is 12.6. The van der Waals surface area contributed by atoms with E-state index >= 15 is 0 Å². The van der Waals surface area contributed by atoms with Gasteiger partial charge in [0.1, 0.15) is 12.3 Å². The number of aromatic nitrogens is 1. The second-order valence-corrected chi connectivity index (χ2v) is 8.25. The minimum absolute atomic E-state index is 0. The Hall–Kier alpha value is -2.10. The molecule has 1 aromatic carbocycles. The van der Waals surface area contributed by atoms with Crippen LogP contribution in [0.1, 0.15) is 50.5 Å². The minimum Gasteiger partial charge on any atom is -0.443 e. The first-order chi connectivity index (χ1) is 13.9. The number of benzene rings is 1. The molecule has 3 rings (SSSR count). The number of nitrogens with zero attached hydrogens (tertiary/aromatic N) is 3. The van der Waals surface area contributed by atoms with E-state index in [-0.39, 0.29) is 41.8 Å². The van der Waals surface area contributed by atoms with Gasteiger partial charge in [-0.2, -0.15) is 0 Å². The second kappa shape index (κ2) is 10.8. The van der Waals surface area contributed by atoms with E-state index in [1.807, 2.05) is 24.0 Å². The van der Waals surface area contributed by atoms with Crippen LogP contribution in [0.3, 0.4) is 0 Å². The summed E-state index contributed by atoms with van der Waals surface area (Å²) in [6, 6.07) is 8.29. The van der Waals surface area contributed by atoms with Gasteiger partial charge in [0.05, 0.1) is 12.7 Å². The van der Waals surface area contributed by atoms with Crippen LogP contribution in [-0.4, -0.2) is 41.4 Å². The molecule has 0 saturated carbocycles. The van der Waals surface area contributed by atoms with E-state index in [0.717, 1.165) is 18.7 Å². The normalized spacial score (nSPS) is 14.0. The summed E-state index contributed by atoms with van der Waals surface area (Å²) in [5.41, 5.74) is 2.47. The monoisotopic (exact) mass is 525 g/mol. The molecule has 0 bridgehead atoms. The Balaban J connectivity index is 0.00000320. The fourth-order valence-electron chi connectivity index (χ4n) is 3.20. The molecule has 1 amide bonds.